The van der Waals surface area contributed by atoms with Crippen molar-refractivity contribution in [3.8, 4) is 0 Å². The van der Waals surface area contributed by atoms with Crippen LogP contribution in [0.5, 0.6) is 0 Å². The standard InChI is InChI=1S/C22H31N3O2/c26-21(19-9-5-6-12-23-19)24-13-17-18-14-25(16-7-3-1-2-4-8-16)15-22(18)11-10-20(17)27-22/h5-6,9,12,16-18,20H,1-4,7-8,10-11,13-15H2,(H,24,26)/t17-,18+,20+,22+/m0/s1. The highest BCUT2D eigenvalue weighted by Gasteiger charge is 2.63. The minimum absolute atomic E-state index is 0.0638. The van der Waals surface area contributed by atoms with Crippen LogP contribution >= 0.6 is 0 Å². The molecule has 1 aliphatic carbocycles. The van der Waals surface area contributed by atoms with Crippen molar-refractivity contribution in [2.45, 2.75) is 69.1 Å². The third-order valence-electron chi connectivity index (χ3n) is 7.55. The summed E-state index contributed by atoms with van der Waals surface area (Å²) in [6.07, 6.45) is 12.6. The molecule has 1 spiro atoms. The van der Waals surface area contributed by atoms with Crippen LogP contribution in [0, 0.1) is 11.8 Å². The monoisotopic (exact) mass is 369 g/mol. The molecule has 1 amide bonds. The molecule has 4 aliphatic rings. The molecule has 27 heavy (non-hydrogen) atoms. The fraction of sp³-hybridized carbons (Fsp3) is 0.727. The van der Waals surface area contributed by atoms with Crippen molar-refractivity contribution in [2.24, 2.45) is 11.8 Å². The number of ether oxygens (including phenoxy) is 1. The molecule has 2 bridgehead atoms. The van der Waals surface area contributed by atoms with E-state index in [1.54, 1.807) is 12.3 Å². The average Bonchev–Trinajstić information content (AvgIpc) is 3.28. The molecule has 0 unspecified atom stereocenters. The predicted molar refractivity (Wildman–Crippen MR) is 103 cm³/mol. The van der Waals surface area contributed by atoms with Crippen molar-refractivity contribution in [2.75, 3.05) is 19.6 Å². The van der Waals surface area contributed by atoms with Gasteiger partial charge in [0.25, 0.3) is 5.91 Å². The Hall–Kier alpha value is -1.46. The van der Waals surface area contributed by atoms with Crippen molar-refractivity contribution in [3.05, 3.63) is 30.1 Å². The van der Waals surface area contributed by atoms with Crippen LogP contribution < -0.4 is 5.32 Å². The van der Waals surface area contributed by atoms with E-state index in [0.29, 0.717) is 30.2 Å². The minimum Gasteiger partial charge on any atom is -0.370 e. The summed E-state index contributed by atoms with van der Waals surface area (Å²) in [5.41, 5.74) is 0.569. The van der Waals surface area contributed by atoms with E-state index in [1.165, 1.54) is 44.9 Å². The van der Waals surface area contributed by atoms with E-state index >= 15 is 0 Å². The van der Waals surface area contributed by atoms with E-state index in [4.69, 9.17) is 4.74 Å². The van der Waals surface area contributed by atoms with Crippen molar-refractivity contribution in [1.82, 2.24) is 15.2 Å². The number of fused-ring (bicyclic) bond motifs is 1. The Balaban J connectivity index is 1.25. The fourth-order valence-electron chi connectivity index (χ4n) is 6.20. The number of nitrogens with zero attached hydrogens (tertiary/aromatic N) is 2. The fourth-order valence-corrected chi connectivity index (χ4v) is 6.20. The second-order valence-electron chi connectivity index (χ2n) is 9.03. The molecule has 3 aliphatic heterocycles. The highest BCUT2D eigenvalue weighted by molar-refractivity contribution is 5.92. The van der Waals surface area contributed by atoms with Crippen molar-refractivity contribution >= 4 is 5.91 Å². The van der Waals surface area contributed by atoms with Gasteiger partial charge >= 0.3 is 0 Å². The third kappa shape index (κ3) is 3.19. The Bertz CT molecular complexity index is 673. The van der Waals surface area contributed by atoms with Gasteiger partial charge in [-0.3, -0.25) is 14.7 Å². The van der Waals surface area contributed by atoms with Crippen LogP contribution in [0.25, 0.3) is 0 Å². The molecule has 4 atom stereocenters. The summed E-state index contributed by atoms with van der Waals surface area (Å²) < 4.78 is 6.58. The number of pyridine rings is 1. The molecular weight excluding hydrogens is 338 g/mol. The van der Waals surface area contributed by atoms with Gasteiger partial charge in [-0.1, -0.05) is 31.7 Å². The van der Waals surface area contributed by atoms with E-state index in [2.05, 4.69) is 15.2 Å². The molecule has 0 aromatic carbocycles. The van der Waals surface area contributed by atoms with E-state index in [9.17, 15) is 4.79 Å². The summed E-state index contributed by atoms with van der Waals surface area (Å²) in [5, 5.41) is 3.14. The zero-order valence-electron chi connectivity index (χ0n) is 16.1. The number of nitrogens with one attached hydrogen (secondary N) is 1. The Morgan fingerprint density at radius 1 is 1.22 bits per heavy atom. The summed E-state index contributed by atoms with van der Waals surface area (Å²) >= 11 is 0. The second kappa shape index (κ2) is 7.17. The molecule has 5 nitrogen and oxygen atoms in total. The molecule has 0 radical (unpaired) electrons. The quantitative estimate of drug-likeness (QED) is 0.829. The van der Waals surface area contributed by atoms with Gasteiger partial charge < -0.3 is 10.1 Å². The zero-order valence-corrected chi connectivity index (χ0v) is 16.1. The van der Waals surface area contributed by atoms with Gasteiger partial charge in [-0.2, -0.15) is 0 Å². The highest BCUT2D eigenvalue weighted by Crippen LogP contribution is 2.55. The Morgan fingerprint density at radius 3 is 2.85 bits per heavy atom. The summed E-state index contributed by atoms with van der Waals surface area (Å²) in [6.45, 7) is 2.99. The Morgan fingerprint density at radius 2 is 2.07 bits per heavy atom. The molecule has 4 fully saturated rings. The van der Waals surface area contributed by atoms with Crippen LogP contribution in [0.3, 0.4) is 0 Å². The number of aromatic nitrogens is 1. The van der Waals surface area contributed by atoms with Gasteiger partial charge in [0.15, 0.2) is 0 Å². The summed E-state index contributed by atoms with van der Waals surface area (Å²) in [5.74, 6) is 0.955. The number of likely N-dealkylation sites (tertiary alicyclic amines) is 1. The van der Waals surface area contributed by atoms with Gasteiger partial charge in [0.05, 0.1) is 11.7 Å². The molecule has 5 heteroatoms. The van der Waals surface area contributed by atoms with Crippen LogP contribution in [-0.4, -0.2) is 53.2 Å². The smallest absolute Gasteiger partial charge is 0.269 e. The summed E-state index contributed by atoms with van der Waals surface area (Å²) in [7, 11) is 0. The molecule has 5 rings (SSSR count). The van der Waals surface area contributed by atoms with Gasteiger partial charge in [0.1, 0.15) is 5.69 Å². The molecule has 1 saturated carbocycles. The normalized spacial score (nSPS) is 36.5. The minimum atomic E-state index is -0.0638. The number of carbonyl (C=O) groups excluding carboxylic acids is 1. The third-order valence-corrected chi connectivity index (χ3v) is 7.55. The highest BCUT2D eigenvalue weighted by atomic mass is 16.5. The predicted octanol–water partition coefficient (Wildman–Crippen LogP) is 3.01. The van der Waals surface area contributed by atoms with Crippen LogP contribution in [-0.2, 0) is 4.74 Å². The van der Waals surface area contributed by atoms with Gasteiger partial charge in [0.2, 0.25) is 0 Å². The van der Waals surface area contributed by atoms with Gasteiger partial charge in [0, 0.05) is 43.7 Å². The molecule has 3 saturated heterocycles. The van der Waals surface area contributed by atoms with Crippen LogP contribution in [0.2, 0.25) is 0 Å². The first-order chi connectivity index (χ1) is 13.3. The Kier molecular flexibility index (Phi) is 4.68. The lowest BCUT2D eigenvalue weighted by Gasteiger charge is -2.29. The van der Waals surface area contributed by atoms with Crippen molar-refractivity contribution in [3.63, 3.8) is 0 Å². The van der Waals surface area contributed by atoms with E-state index in [-0.39, 0.29) is 11.5 Å². The number of hydrogen-bond donors (Lipinski definition) is 1. The lowest BCUT2D eigenvalue weighted by Crippen LogP contribution is -2.42. The van der Waals surface area contributed by atoms with Gasteiger partial charge in [-0.25, -0.2) is 0 Å². The first kappa shape index (κ1) is 17.6. The molecule has 146 valence electrons. The number of rotatable bonds is 4. The average molecular weight is 370 g/mol. The maximum atomic E-state index is 12.4. The number of hydrogen-bond acceptors (Lipinski definition) is 4. The zero-order chi connectivity index (χ0) is 18.3. The van der Waals surface area contributed by atoms with Crippen LogP contribution in [0.1, 0.15) is 61.9 Å². The SMILES string of the molecule is O=C(NC[C@H]1[C@H]2CN(C3CCCCCC3)C[C@]23CC[C@H]1O3)c1ccccn1. The topological polar surface area (TPSA) is 54.5 Å². The summed E-state index contributed by atoms with van der Waals surface area (Å²) in [4.78, 5) is 19.3. The molecule has 1 N–H and O–H groups in total. The number of amides is 1. The lowest BCUT2D eigenvalue weighted by atomic mass is 9.73. The van der Waals surface area contributed by atoms with E-state index in [0.717, 1.165) is 25.6 Å². The Labute approximate surface area is 161 Å². The van der Waals surface area contributed by atoms with Crippen molar-refractivity contribution in [1.29, 1.82) is 0 Å². The first-order valence-corrected chi connectivity index (χ1v) is 10.9. The molecular formula is C22H31N3O2. The van der Waals surface area contributed by atoms with Gasteiger partial charge in [-0.05, 0) is 37.8 Å². The van der Waals surface area contributed by atoms with Gasteiger partial charge in [-0.15, -0.1) is 0 Å². The summed E-state index contributed by atoms with van der Waals surface area (Å²) in [6, 6.07) is 6.22. The van der Waals surface area contributed by atoms with E-state index < -0.39 is 0 Å². The first-order valence-electron chi connectivity index (χ1n) is 10.9. The second-order valence-corrected chi connectivity index (χ2v) is 9.03. The maximum Gasteiger partial charge on any atom is 0.269 e. The van der Waals surface area contributed by atoms with E-state index in [1.807, 2.05) is 12.1 Å². The lowest BCUT2D eigenvalue weighted by molar-refractivity contribution is -0.00182. The van der Waals surface area contributed by atoms with Crippen molar-refractivity contribution < 1.29 is 9.53 Å². The largest absolute Gasteiger partial charge is 0.370 e. The molecule has 1 aromatic rings. The number of carbonyl (C=O) groups is 1. The molecule has 1 aromatic heterocycles. The van der Waals surface area contributed by atoms with Crippen LogP contribution in [0.4, 0.5) is 0 Å². The maximum absolute atomic E-state index is 12.4. The van der Waals surface area contributed by atoms with Crippen LogP contribution in [0.15, 0.2) is 24.4 Å². The molecule has 4 heterocycles.